The molecule has 9 heteroatoms. The molecule has 0 saturated carbocycles. The molecule has 0 aliphatic carbocycles. The third-order valence-corrected chi connectivity index (χ3v) is 3.16. The molecule has 1 aromatic rings. The van der Waals surface area contributed by atoms with Crippen LogP contribution in [0.3, 0.4) is 0 Å². The van der Waals surface area contributed by atoms with E-state index in [4.69, 9.17) is 15.9 Å². The van der Waals surface area contributed by atoms with Crippen molar-refractivity contribution in [3.63, 3.8) is 0 Å². The first kappa shape index (κ1) is 20.0. The fourth-order valence-electron chi connectivity index (χ4n) is 1.71. The Balaban J connectivity index is 2.57. The molecule has 0 bridgehead atoms. The van der Waals surface area contributed by atoms with Crippen LogP contribution in [0.2, 0.25) is 0 Å². The van der Waals surface area contributed by atoms with Crippen molar-refractivity contribution in [3.8, 4) is 0 Å². The Morgan fingerprint density at radius 3 is 2.17 bits per heavy atom. The van der Waals surface area contributed by atoms with E-state index < -0.39 is 43.3 Å². The predicted molar refractivity (Wildman–Crippen MR) is 83.1 cm³/mol. The Hall–Kier alpha value is -2.01. The number of hydrogen-bond donors (Lipinski definition) is 7. The zero-order valence-corrected chi connectivity index (χ0v) is 12.6. The van der Waals surface area contributed by atoms with Gasteiger partial charge in [0.2, 0.25) is 6.29 Å². The molecule has 0 aliphatic rings. The van der Waals surface area contributed by atoms with Crippen LogP contribution in [-0.2, 0) is 9.53 Å². The summed E-state index contributed by atoms with van der Waals surface area (Å²) < 4.78 is 4.48. The first-order valence-corrected chi connectivity index (χ1v) is 7.01. The van der Waals surface area contributed by atoms with Crippen LogP contribution in [0.25, 0.3) is 6.08 Å². The van der Waals surface area contributed by atoms with Crippen LogP contribution < -0.4 is 5.73 Å². The van der Waals surface area contributed by atoms with Crippen LogP contribution in [-0.4, -0.2) is 73.9 Å². The van der Waals surface area contributed by atoms with E-state index in [2.05, 4.69) is 4.74 Å². The van der Waals surface area contributed by atoms with Gasteiger partial charge in [-0.3, -0.25) is 0 Å². The van der Waals surface area contributed by atoms with Crippen molar-refractivity contribution in [2.45, 2.75) is 30.7 Å². The SMILES string of the molecule is Nc1ccc(/C=C/C(=O)OC(O)[C@H](O)[C@H](O)[C@H](O)[C@@H](O)CO)cc1. The highest BCUT2D eigenvalue weighted by Gasteiger charge is 2.35. The van der Waals surface area contributed by atoms with Gasteiger partial charge >= 0.3 is 5.97 Å². The van der Waals surface area contributed by atoms with Crippen LogP contribution in [0.4, 0.5) is 5.69 Å². The molecule has 1 rings (SSSR count). The van der Waals surface area contributed by atoms with Crippen molar-refractivity contribution in [2.24, 2.45) is 0 Å². The predicted octanol–water partition coefficient (Wildman–Crippen LogP) is -2.42. The van der Waals surface area contributed by atoms with E-state index in [-0.39, 0.29) is 0 Å². The summed E-state index contributed by atoms with van der Waals surface area (Å²) in [7, 11) is 0. The highest BCUT2D eigenvalue weighted by atomic mass is 16.6. The quantitative estimate of drug-likeness (QED) is 0.117. The zero-order valence-electron chi connectivity index (χ0n) is 12.6. The smallest absolute Gasteiger partial charge is 0.333 e. The lowest BCUT2D eigenvalue weighted by Crippen LogP contribution is -2.50. The fraction of sp³-hybridized carbons (Fsp3) is 0.400. The van der Waals surface area contributed by atoms with Gasteiger partial charge in [-0.2, -0.15) is 0 Å². The van der Waals surface area contributed by atoms with Gasteiger partial charge in [0.05, 0.1) is 6.61 Å². The molecule has 24 heavy (non-hydrogen) atoms. The highest BCUT2D eigenvalue weighted by Crippen LogP contribution is 2.11. The van der Waals surface area contributed by atoms with Gasteiger partial charge < -0.3 is 41.1 Å². The number of aliphatic hydroxyl groups is 6. The van der Waals surface area contributed by atoms with Crippen molar-refractivity contribution in [1.82, 2.24) is 0 Å². The minimum atomic E-state index is -2.15. The van der Waals surface area contributed by atoms with Crippen molar-refractivity contribution in [2.75, 3.05) is 12.3 Å². The summed E-state index contributed by atoms with van der Waals surface area (Å²) in [4.78, 5) is 11.5. The van der Waals surface area contributed by atoms with Crippen LogP contribution >= 0.6 is 0 Å². The van der Waals surface area contributed by atoms with Crippen molar-refractivity contribution in [3.05, 3.63) is 35.9 Å². The Morgan fingerprint density at radius 2 is 1.62 bits per heavy atom. The number of hydrogen-bond acceptors (Lipinski definition) is 9. The molecule has 0 saturated heterocycles. The first-order valence-electron chi connectivity index (χ1n) is 7.01. The van der Waals surface area contributed by atoms with Crippen LogP contribution in [0.1, 0.15) is 5.56 Å². The second kappa shape index (κ2) is 9.33. The van der Waals surface area contributed by atoms with Gasteiger partial charge in [0, 0.05) is 11.8 Å². The summed E-state index contributed by atoms with van der Waals surface area (Å²) in [5.41, 5.74) is 6.70. The van der Waals surface area contributed by atoms with E-state index in [9.17, 15) is 25.2 Å². The summed E-state index contributed by atoms with van der Waals surface area (Å²) in [6.07, 6.45) is -7.60. The Labute approximate surface area is 137 Å². The summed E-state index contributed by atoms with van der Waals surface area (Å²) >= 11 is 0. The average molecular weight is 343 g/mol. The molecule has 1 aromatic carbocycles. The minimum Gasteiger partial charge on any atom is -0.430 e. The number of carbonyl (C=O) groups is 1. The van der Waals surface area contributed by atoms with Gasteiger partial charge in [0.1, 0.15) is 24.4 Å². The zero-order chi connectivity index (χ0) is 18.3. The molecular weight excluding hydrogens is 322 g/mol. The lowest BCUT2D eigenvalue weighted by molar-refractivity contribution is -0.210. The van der Waals surface area contributed by atoms with E-state index in [0.717, 1.165) is 6.08 Å². The normalized spacial score (nSPS) is 17.9. The van der Waals surface area contributed by atoms with E-state index in [1.54, 1.807) is 24.3 Å². The number of anilines is 1. The van der Waals surface area contributed by atoms with Gasteiger partial charge in [-0.1, -0.05) is 12.1 Å². The molecular formula is C15H21NO8. The van der Waals surface area contributed by atoms with Gasteiger partial charge in [0.15, 0.2) is 0 Å². The summed E-state index contributed by atoms with van der Waals surface area (Å²) in [5, 5.41) is 55.9. The Kier molecular flexibility index (Phi) is 7.79. The van der Waals surface area contributed by atoms with Crippen molar-refractivity contribution >= 4 is 17.7 Å². The molecule has 0 amide bonds. The molecule has 0 radical (unpaired) electrons. The molecule has 1 unspecified atom stereocenters. The lowest BCUT2D eigenvalue weighted by Gasteiger charge is -2.27. The van der Waals surface area contributed by atoms with Crippen LogP contribution in [0.15, 0.2) is 30.3 Å². The first-order chi connectivity index (χ1) is 11.3. The summed E-state index contributed by atoms with van der Waals surface area (Å²) in [5.74, 6) is -1.01. The summed E-state index contributed by atoms with van der Waals surface area (Å²) in [6, 6.07) is 6.52. The van der Waals surface area contributed by atoms with Gasteiger partial charge in [-0.05, 0) is 23.8 Å². The second-order valence-corrected chi connectivity index (χ2v) is 5.05. The molecule has 0 heterocycles. The number of ether oxygens (including phenoxy) is 1. The maximum atomic E-state index is 11.5. The largest absolute Gasteiger partial charge is 0.430 e. The van der Waals surface area contributed by atoms with E-state index in [1.807, 2.05) is 0 Å². The van der Waals surface area contributed by atoms with Crippen molar-refractivity contribution < 1.29 is 40.2 Å². The van der Waals surface area contributed by atoms with Gasteiger partial charge in [0.25, 0.3) is 0 Å². The molecule has 8 N–H and O–H groups in total. The fourth-order valence-corrected chi connectivity index (χ4v) is 1.71. The van der Waals surface area contributed by atoms with Gasteiger partial charge in [-0.25, -0.2) is 4.79 Å². The number of carbonyl (C=O) groups excluding carboxylic acids is 1. The average Bonchev–Trinajstić information content (AvgIpc) is 2.58. The van der Waals surface area contributed by atoms with Crippen LogP contribution in [0, 0.1) is 0 Å². The van der Waals surface area contributed by atoms with E-state index >= 15 is 0 Å². The summed E-state index contributed by atoms with van der Waals surface area (Å²) in [6.45, 7) is -0.870. The number of nitrogens with two attached hydrogens (primary N) is 1. The molecule has 0 spiro atoms. The van der Waals surface area contributed by atoms with Crippen LogP contribution in [0.5, 0.6) is 0 Å². The van der Waals surface area contributed by atoms with Gasteiger partial charge in [-0.15, -0.1) is 0 Å². The third kappa shape index (κ3) is 5.89. The standard InChI is InChI=1S/C15H21NO8/c16-9-4-1-8(2-5-9)3-6-11(19)24-15(23)14(22)13(21)12(20)10(18)7-17/h1-6,10,12-15,17-18,20-23H,7,16H2/b6-3+/t10-,12+,13+,14+,15?/m0/s1. The third-order valence-electron chi connectivity index (χ3n) is 3.16. The number of benzene rings is 1. The lowest BCUT2D eigenvalue weighted by atomic mass is 10.0. The molecule has 0 aromatic heterocycles. The topological polar surface area (TPSA) is 174 Å². The number of aliphatic hydroxyl groups excluding tert-OH is 6. The number of nitrogen functional groups attached to an aromatic ring is 1. The van der Waals surface area contributed by atoms with E-state index in [1.165, 1.54) is 6.08 Å². The second-order valence-electron chi connectivity index (χ2n) is 5.05. The maximum Gasteiger partial charge on any atom is 0.333 e. The number of esters is 1. The Morgan fingerprint density at radius 1 is 1.04 bits per heavy atom. The highest BCUT2D eigenvalue weighted by molar-refractivity contribution is 5.87. The van der Waals surface area contributed by atoms with Crippen molar-refractivity contribution in [1.29, 1.82) is 0 Å². The molecule has 5 atom stereocenters. The molecule has 0 fully saturated rings. The Bertz CT molecular complexity index is 547. The molecule has 9 nitrogen and oxygen atoms in total. The molecule has 0 aliphatic heterocycles. The molecule has 134 valence electrons. The number of rotatable bonds is 8. The monoisotopic (exact) mass is 343 g/mol. The minimum absolute atomic E-state index is 0.547. The maximum absolute atomic E-state index is 11.5. The van der Waals surface area contributed by atoms with E-state index in [0.29, 0.717) is 11.3 Å².